The Bertz CT molecular complexity index is 376. The van der Waals surface area contributed by atoms with Gasteiger partial charge in [-0.05, 0) is 59.2 Å². The van der Waals surface area contributed by atoms with E-state index in [-0.39, 0.29) is 5.78 Å². The molecular formula is C12H11IO. The minimum Gasteiger partial charge on any atom is -0.295 e. The fraction of sp³-hybridized carbons (Fsp3) is 0.250. The predicted molar refractivity (Wildman–Crippen MR) is 65.2 cm³/mol. The van der Waals surface area contributed by atoms with Gasteiger partial charge in [-0.2, -0.15) is 0 Å². The quantitative estimate of drug-likeness (QED) is 0.767. The van der Waals surface area contributed by atoms with E-state index in [2.05, 4.69) is 46.9 Å². The van der Waals surface area contributed by atoms with E-state index < -0.39 is 0 Å². The van der Waals surface area contributed by atoms with Crippen LogP contribution in [0, 0.1) is 3.57 Å². The molecule has 2 rings (SSSR count). The largest absolute Gasteiger partial charge is 0.295 e. The van der Waals surface area contributed by atoms with Gasteiger partial charge in [0.1, 0.15) is 0 Å². The van der Waals surface area contributed by atoms with Crippen molar-refractivity contribution < 1.29 is 4.79 Å². The van der Waals surface area contributed by atoms with E-state index in [4.69, 9.17) is 0 Å². The molecule has 0 aromatic heterocycles. The second-order valence-electron chi connectivity index (χ2n) is 3.57. The third kappa shape index (κ3) is 2.44. The molecule has 0 saturated heterocycles. The highest BCUT2D eigenvalue weighted by atomic mass is 127. The molecule has 1 aliphatic rings. The maximum absolute atomic E-state index is 11.0. The van der Waals surface area contributed by atoms with E-state index >= 15 is 0 Å². The van der Waals surface area contributed by atoms with Crippen LogP contribution in [-0.4, -0.2) is 5.78 Å². The minimum atomic E-state index is 0.283. The summed E-state index contributed by atoms with van der Waals surface area (Å²) in [6.07, 6.45) is 4.39. The van der Waals surface area contributed by atoms with Gasteiger partial charge in [0.05, 0.1) is 0 Å². The van der Waals surface area contributed by atoms with Gasteiger partial charge in [0.2, 0.25) is 0 Å². The molecular weight excluding hydrogens is 287 g/mol. The van der Waals surface area contributed by atoms with Crippen molar-refractivity contribution in [2.75, 3.05) is 0 Å². The van der Waals surface area contributed by atoms with Crippen LogP contribution < -0.4 is 0 Å². The smallest absolute Gasteiger partial charge is 0.155 e. The number of ketones is 1. The topological polar surface area (TPSA) is 17.1 Å². The Balaban J connectivity index is 2.08. The Hall–Kier alpha value is -0.640. The lowest BCUT2D eigenvalue weighted by Crippen LogP contribution is -1.87. The summed E-state index contributed by atoms with van der Waals surface area (Å²) in [5.74, 6) is 0.283. The number of benzene rings is 1. The van der Waals surface area contributed by atoms with Crippen LogP contribution >= 0.6 is 22.6 Å². The molecule has 0 unspecified atom stereocenters. The van der Waals surface area contributed by atoms with E-state index in [1.54, 1.807) is 6.08 Å². The molecule has 0 atom stereocenters. The number of hydrogen-bond donors (Lipinski definition) is 0. The zero-order valence-corrected chi connectivity index (χ0v) is 9.95. The molecule has 0 spiro atoms. The fourth-order valence-corrected chi connectivity index (χ4v) is 2.02. The molecule has 14 heavy (non-hydrogen) atoms. The zero-order chi connectivity index (χ0) is 9.97. The lowest BCUT2D eigenvalue weighted by atomic mass is 10.1. The monoisotopic (exact) mass is 298 g/mol. The molecule has 0 amide bonds. The predicted octanol–water partition coefficient (Wildman–Crippen LogP) is 3.12. The molecule has 1 nitrogen and oxygen atoms in total. The number of allylic oxidation sites excluding steroid dienone is 2. The van der Waals surface area contributed by atoms with Crippen molar-refractivity contribution in [2.45, 2.75) is 19.3 Å². The van der Waals surface area contributed by atoms with Gasteiger partial charge in [-0.1, -0.05) is 17.7 Å². The average molecular weight is 298 g/mol. The fourth-order valence-electron chi connectivity index (χ4n) is 1.66. The lowest BCUT2D eigenvalue weighted by Gasteiger charge is -2.01. The van der Waals surface area contributed by atoms with Crippen LogP contribution in [0.2, 0.25) is 0 Å². The highest BCUT2D eigenvalue weighted by Gasteiger charge is 2.11. The third-order valence-electron chi connectivity index (χ3n) is 2.40. The lowest BCUT2D eigenvalue weighted by molar-refractivity contribution is -0.114. The average Bonchev–Trinajstić information content (AvgIpc) is 2.56. The van der Waals surface area contributed by atoms with Crippen LogP contribution in [0.1, 0.15) is 18.4 Å². The Morgan fingerprint density at radius 1 is 1.14 bits per heavy atom. The summed E-state index contributed by atoms with van der Waals surface area (Å²) in [5.41, 5.74) is 2.57. The number of carbonyl (C=O) groups is 1. The number of hydrogen-bond acceptors (Lipinski definition) is 1. The zero-order valence-electron chi connectivity index (χ0n) is 7.79. The van der Waals surface area contributed by atoms with E-state index in [9.17, 15) is 4.79 Å². The number of rotatable bonds is 2. The number of halogens is 1. The first-order chi connectivity index (χ1) is 6.74. The van der Waals surface area contributed by atoms with Gasteiger partial charge in [0.15, 0.2) is 5.78 Å². The van der Waals surface area contributed by atoms with Crippen LogP contribution in [0.15, 0.2) is 35.9 Å². The van der Waals surface area contributed by atoms with E-state index in [0.29, 0.717) is 6.42 Å². The van der Waals surface area contributed by atoms with Crippen LogP contribution in [0.25, 0.3) is 0 Å². The first-order valence-electron chi connectivity index (χ1n) is 4.71. The van der Waals surface area contributed by atoms with Crippen molar-refractivity contribution >= 4 is 28.4 Å². The molecule has 0 N–H and O–H groups in total. The second-order valence-corrected chi connectivity index (χ2v) is 4.82. The van der Waals surface area contributed by atoms with Crippen molar-refractivity contribution in [1.82, 2.24) is 0 Å². The molecule has 72 valence electrons. The summed E-state index contributed by atoms with van der Waals surface area (Å²) >= 11 is 2.30. The van der Waals surface area contributed by atoms with Crippen LogP contribution in [0.5, 0.6) is 0 Å². The van der Waals surface area contributed by atoms with Gasteiger partial charge in [-0.25, -0.2) is 0 Å². The summed E-state index contributed by atoms with van der Waals surface area (Å²) in [7, 11) is 0. The maximum Gasteiger partial charge on any atom is 0.155 e. The number of carbonyl (C=O) groups excluding carboxylic acids is 1. The molecule has 0 bridgehead atoms. The molecule has 0 radical (unpaired) electrons. The van der Waals surface area contributed by atoms with Crippen molar-refractivity contribution in [3.63, 3.8) is 0 Å². The Morgan fingerprint density at radius 3 is 2.43 bits per heavy atom. The van der Waals surface area contributed by atoms with Crippen LogP contribution in [-0.2, 0) is 11.2 Å². The molecule has 0 saturated carbocycles. The van der Waals surface area contributed by atoms with Crippen molar-refractivity contribution in [3.05, 3.63) is 45.0 Å². The van der Waals surface area contributed by atoms with Crippen LogP contribution in [0.3, 0.4) is 0 Å². The Kier molecular flexibility index (Phi) is 3.01. The van der Waals surface area contributed by atoms with Gasteiger partial charge in [0.25, 0.3) is 0 Å². The molecule has 1 aliphatic carbocycles. The van der Waals surface area contributed by atoms with Gasteiger partial charge in [-0.3, -0.25) is 4.79 Å². The summed E-state index contributed by atoms with van der Waals surface area (Å²) in [6.45, 7) is 0. The van der Waals surface area contributed by atoms with Crippen LogP contribution in [0.4, 0.5) is 0 Å². The van der Waals surface area contributed by atoms with Gasteiger partial charge in [-0.15, -0.1) is 0 Å². The third-order valence-corrected chi connectivity index (χ3v) is 3.12. The molecule has 0 heterocycles. The summed E-state index contributed by atoms with van der Waals surface area (Å²) in [4.78, 5) is 11.0. The highest BCUT2D eigenvalue weighted by molar-refractivity contribution is 14.1. The molecule has 0 aliphatic heterocycles. The first-order valence-corrected chi connectivity index (χ1v) is 5.78. The van der Waals surface area contributed by atoms with E-state index in [1.165, 1.54) is 14.7 Å². The normalized spacial score (nSPS) is 15.8. The molecule has 2 heteroatoms. The standard InChI is InChI=1S/C12H11IO/c13-11-4-1-9(2-5-11)7-10-3-6-12(14)8-10/h1-2,4-5,8H,3,6-7H2. The van der Waals surface area contributed by atoms with Crippen molar-refractivity contribution in [2.24, 2.45) is 0 Å². The minimum absolute atomic E-state index is 0.283. The summed E-state index contributed by atoms with van der Waals surface area (Å²) in [5, 5.41) is 0. The highest BCUT2D eigenvalue weighted by Crippen LogP contribution is 2.20. The Morgan fingerprint density at radius 2 is 1.86 bits per heavy atom. The Labute approximate surface area is 97.3 Å². The second kappa shape index (κ2) is 4.26. The summed E-state index contributed by atoms with van der Waals surface area (Å²) in [6, 6.07) is 8.47. The van der Waals surface area contributed by atoms with E-state index in [1.807, 2.05) is 0 Å². The van der Waals surface area contributed by atoms with Gasteiger partial charge in [0, 0.05) is 9.99 Å². The SMILES string of the molecule is O=C1C=C(Cc2ccc(I)cc2)CC1. The summed E-state index contributed by atoms with van der Waals surface area (Å²) < 4.78 is 1.25. The van der Waals surface area contributed by atoms with Gasteiger partial charge < -0.3 is 0 Å². The van der Waals surface area contributed by atoms with E-state index in [0.717, 1.165) is 12.8 Å². The molecule has 0 fully saturated rings. The molecule has 1 aromatic carbocycles. The van der Waals surface area contributed by atoms with Crippen molar-refractivity contribution in [3.8, 4) is 0 Å². The first kappa shape index (κ1) is 9.90. The molecule has 1 aromatic rings. The van der Waals surface area contributed by atoms with Gasteiger partial charge >= 0.3 is 0 Å². The van der Waals surface area contributed by atoms with Crippen molar-refractivity contribution in [1.29, 1.82) is 0 Å². The maximum atomic E-state index is 11.0.